The first kappa shape index (κ1) is 13.3. The lowest BCUT2D eigenvalue weighted by Crippen LogP contribution is -2.37. The van der Waals surface area contributed by atoms with Crippen molar-refractivity contribution in [1.82, 2.24) is 4.90 Å². The molecule has 2 aliphatic rings. The van der Waals surface area contributed by atoms with Crippen LogP contribution in [-0.4, -0.2) is 48.0 Å². The molecule has 3 heteroatoms. The molecular weight excluding hydrogens is 214 g/mol. The Morgan fingerprint density at radius 2 is 2.00 bits per heavy atom. The summed E-state index contributed by atoms with van der Waals surface area (Å²) in [6.45, 7) is 3.55. The highest BCUT2D eigenvalue weighted by Crippen LogP contribution is 2.41. The van der Waals surface area contributed by atoms with Gasteiger partial charge in [-0.15, -0.1) is 0 Å². The van der Waals surface area contributed by atoms with E-state index in [1.165, 1.54) is 44.9 Å². The van der Waals surface area contributed by atoms with Crippen LogP contribution in [0, 0.1) is 0 Å². The molecule has 0 aromatic rings. The van der Waals surface area contributed by atoms with Crippen LogP contribution in [0.5, 0.6) is 0 Å². The first-order chi connectivity index (χ1) is 8.10. The largest absolute Gasteiger partial charge is 0.392 e. The summed E-state index contributed by atoms with van der Waals surface area (Å²) in [5, 5.41) is 9.36. The van der Waals surface area contributed by atoms with Crippen molar-refractivity contribution in [3.63, 3.8) is 0 Å². The van der Waals surface area contributed by atoms with Gasteiger partial charge >= 0.3 is 0 Å². The summed E-state index contributed by atoms with van der Waals surface area (Å²) in [5.41, 5.74) is 0.231. The lowest BCUT2D eigenvalue weighted by molar-refractivity contribution is -0.0716. The summed E-state index contributed by atoms with van der Waals surface area (Å²) in [5.74, 6) is 0. The van der Waals surface area contributed by atoms with E-state index in [0.717, 1.165) is 13.1 Å². The van der Waals surface area contributed by atoms with Gasteiger partial charge in [-0.25, -0.2) is 0 Å². The molecule has 1 aliphatic carbocycles. The van der Waals surface area contributed by atoms with Crippen molar-refractivity contribution in [3.8, 4) is 0 Å². The molecule has 1 heterocycles. The molecule has 2 unspecified atom stereocenters. The van der Waals surface area contributed by atoms with Crippen LogP contribution < -0.4 is 0 Å². The Labute approximate surface area is 105 Å². The molecule has 2 fully saturated rings. The minimum atomic E-state index is -0.245. The lowest BCUT2D eigenvalue weighted by Gasteiger charge is -2.34. The fourth-order valence-electron chi connectivity index (χ4n) is 3.46. The van der Waals surface area contributed by atoms with Crippen molar-refractivity contribution < 1.29 is 9.84 Å². The van der Waals surface area contributed by atoms with Crippen LogP contribution in [0.1, 0.15) is 51.9 Å². The van der Waals surface area contributed by atoms with Crippen LogP contribution in [-0.2, 0) is 4.74 Å². The maximum atomic E-state index is 9.36. The number of nitrogens with zero attached hydrogens (tertiary/aromatic N) is 1. The highest BCUT2D eigenvalue weighted by molar-refractivity contribution is 4.91. The molecule has 0 amide bonds. The van der Waals surface area contributed by atoms with E-state index in [4.69, 9.17) is 4.74 Å². The maximum Gasteiger partial charge on any atom is 0.0710 e. The summed E-state index contributed by atoms with van der Waals surface area (Å²) in [7, 11) is 2.07. The molecule has 1 aliphatic heterocycles. The molecule has 0 radical (unpaired) electrons. The molecule has 0 aromatic heterocycles. The third-order valence-electron chi connectivity index (χ3n) is 4.19. The average Bonchev–Trinajstić information content (AvgIpc) is 2.61. The molecular formula is C14H27NO2. The summed E-state index contributed by atoms with van der Waals surface area (Å²) in [6, 6.07) is 0. The molecule has 2 rings (SSSR count). The normalized spacial score (nSPS) is 30.0. The fourth-order valence-corrected chi connectivity index (χ4v) is 3.46. The number of aliphatic hydroxyl groups is 1. The quantitative estimate of drug-likeness (QED) is 0.819. The van der Waals surface area contributed by atoms with Crippen molar-refractivity contribution >= 4 is 0 Å². The second kappa shape index (κ2) is 5.68. The van der Waals surface area contributed by atoms with E-state index in [2.05, 4.69) is 11.9 Å². The van der Waals surface area contributed by atoms with Crippen LogP contribution >= 0.6 is 0 Å². The van der Waals surface area contributed by atoms with Crippen molar-refractivity contribution in [3.05, 3.63) is 0 Å². The molecule has 17 heavy (non-hydrogen) atoms. The van der Waals surface area contributed by atoms with Crippen LogP contribution in [0.3, 0.4) is 0 Å². The predicted molar refractivity (Wildman–Crippen MR) is 69.1 cm³/mol. The SMILES string of the molecule is CC(O)CN(C)CC1CCC2(CCCCC2)O1. The minimum Gasteiger partial charge on any atom is -0.392 e. The molecule has 0 aromatic carbocycles. The number of likely N-dealkylation sites (N-methyl/N-ethyl adjacent to an activating group) is 1. The number of hydrogen-bond acceptors (Lipinski definition) is 3. The Balaban J connectivity index is 1.77. The molecule has 1 saturated heterocycles. The number of aliphatic hydroxyl groups excluding tert-OH is 1. The Morgan fingerprint density at radius 3 is 2.65 bits per heavy atom. The van der Waals surface area contributed by atoms with E-state index < -0.39 is 0 Å². The van der Waals surface area contributed by atoms with E-state index >= 15 is 0 Å². The average molecular weight is 241 g/mol. The maximum absolute atomic E-state index is 9.36. The Bertz CT molecular complexity index is 236. The minimum absolute atomic E-state index is 0.231. The van der Waals surface area contributed by atoms with Crippen LogP contribution in [0.2, 0.25) is 0 Å². The summed E-state index contributed by atoms with van der Waals surface area (Å²) >= 11 is 0. The Kier molecular flexibility index (Phi) is 4.45. The summed E-state index contributed by atoms with van der Waals surface area (Å²) in [4.78, 5) is 2.19. The summed E-state index contributed by atoms with van der Waals surface area (Å²) < 4.78 is 6.32. The first-order valence-corrected chi connectivity index (χ1v) is 7.14. The van der Waals surface area contributed by atoms with E-state index in [0.29, 0.717) is 6.10 Å². The van der Waals surface area contributed by atoms with Gasteiger partial charge in [-0.2, -0.15) is 0 Å². The second-order valence-corrected chi connectivity index (χ2v) is 6.09. The van der Waals surface area contributed by atoms with E-state index in [1.807, 2.05) is 6.92 Å². The van der Waals surface area contributed by atoms with Gasteiger partial charge in [-0.3, -0.25) is 0 Å². The van der Waals surface area contributed by atoms with Gasteiger partial charge in [0.2, 0.25) is 0 Å². The molecule has 1 N–H and O–H groups in total. The second-order valence-electron chi connectivity index (χ2n) is 6.09. The van der Waals surface area contributed by atoms with E-state index in [-0.39, 0.29) is 11.7 Å². The Hall–Kier alpha value is -0.120. The molecule has 1 saturated carbocycles. The third-order valence-corrected chi connectivity index (χ3v) is 4.19. The smallest absolute Gasteiger partial charge is 0.0710 e. The van der Waals surface area contributed by atoms with Gasteiger partial charge < -0.3 is 14.7 Å². The zero-order chi connectivity index (χ0) is 12.3. The molecule has 3 nitrogen and oxygen atoms in total. The van der Waals surface area contributed by atoms with E-state index in [1.54, 1.807) is 0 Å². The van der Waals surface area contributed by atoms with Gasteiger partial charge in [-0.1, -0.05) is 19.3 Å². The van der Waals surface area contributed by atoms with Crippen molar-refractivity contribution in [2.75, 3.05) is 20.1 Å². The van der Waals surface area contributed by atoms with Gasteiger partial charge in [0.15, 0.2) is 0 Å². The highest BCUT2D eigenvalue weighted by atomic mass is 16.5. The number of rotatable bonds is 4. The lowest BCUT2D eigenvalue weighted by atomic mass is 9.83. The van der Waals surface area contributed by atoms with Crippen molar-refractivity contribution in [2.45, 2.75) is 69.7 Å². The standard InChI is InChI=1S/C14H27NO2/c1-12(16)10-15(2)11-13-6-9-14(17-13)7-4-3-5-8-14/h12-13,16H,3-11H2,1-2H3. The van der Waals surface area contributed by atoms with Gasteiger partial charge in [0.1, 0.15) is 0 Å². The van der Waals surface area contributed by atoms with Crippen molar-refractivity contribution in [1.29, 1.82) is 0 Å². The highest BCUT2D eigenvalue weighted by Gasteiger charge is 2.40. The van der Waals surface area contributed by atoms with Crippen LogP contribution in [0.4, 0.5) is 0 Å². The third kappa shape index (κ3) is 3.67. The van der Waals surface area contributed by atoms with Crippen LogP contribution in [0.15, 0.2) is 0 Å². The predicted octanol–water partition coefficient (Wildman–Crippen LogP) is 2.18. The molecule has 1 spiro atoms. The van der Waals surface area contributed by atoms with Gasteiger partial charge in [0.05, 0.1) is 17.8 Å². The van der Waals surface area contributed by atoms with Gasteiger partial charge in [0.25, 0.3) is 0 Å². The Morgan fingerprint density at radius 1 is 1.29 bits per heavy atom. The molecule has 0 bridgehead atoms. The van der Waals surface area contributed by atoms with Gasteiger partial charge in [-0.05, 0) is 39.7 Å². The fraction of sp³-hybridized carbons (Fsp3) is 1.00. The van der Waals surface area contributed by atoms with Crippen molar-refractivity contribution in [2.24, 2.45) is 0 Å². The molecule has 2 atom stereocenters. The monoisotopic (exact) mass is 241 g/mol. The first-order valence-electron chi connectivity index (χ1n) is 7.14. The zero-order valence-electron chi connectivity index (χ0n) is 11.3. The van der Waals surface area contributed by atoms with E-state index in [9.17, 15) is 5.11 Å². The van der Waals surface area contributed by atoms with Gasteiger partial charge in [0, 0.05) is 13.1 Å². The number of ether oxygens (including phenoxy) is 1. The van der Waals surface area contributed by atoms with Crippen LogP contribution in [0.25, 0.3) is 0 Å². The number of hydrogen-bond donors (Lipinski definition) is 1. The topological polar surface area (TPSA) is 32.7 Å². The molecule has 100 valence electrons. The zero-order valence-corrected chi connectivity index (χ0v) is 11.3. The summed E-state index contributed by atoms with van der Waals surface area (Å²) in [6.07, 6.45) is 9.20.